The van der Waals surface area contributed by atoms with Gasteiger partial charge in [0.15, 0.2) is 0 Å². The second-order valence-corrected chi connectivity index (χ2v) is 6.54. The zero-order chi connectivity index (χ0) is 15.5. The van der Waals surface area contributed by atoms with E-state index in [1.807, 2.05) is 0 Å². The lowest BCUT2D eigenvalue weighted by molar-refractivity contribution is 0.0692. The van der Waals surface area contributed by atoms with Crippen molar-refractivity contribution in [2.45, 2.75) is 24.3 Å². The molecule has 0 spiro atoms. The first-order valence-electron chi connectivity index (χ1n) is 5.93. The second-order valence-electron chi connectivity index (χ2n) is 4.53. The van der Waals surface area contributed by atoms with Gasteiger partial charge in [-0.15, -0.1) is 0 Å². The van der Waals surface area contributed by atoms with Crippen LogP contribution in [-0.2, 0) is 10.0 Å². The van der Waals surface area contributed by atoms with Crippen LogP contribution in [-0.4, -0.2) is 48.6 Å². The monoisotopic (exact) mass is 302 g/mol. The first kappa shape index (κ1) is 16.4. The van der Waals surface area contributed by atoms with E-state index in [-0.39, 0.29) is 29.1 Å². The van der Waals surface area contributed by atoms with Gasteiger partial charge in [-0.2, -0.15) is 0 Å². The second kappa shape index (κ2) is 6.21. The molecular weight excluding hydrogens is 284 g/mol. The van der Waals surface area contributed by atoms with Gasteiger partial charge in [0.25, 0.3) is 0 Å². The Kier molecular flexibility index (Phi) is 5.09. The first-order chi connectivity index (χ1) is 9.16. The van der Waals surface area contributed by atoms with E-state index in [2.05, 4.69) is 0 Å². The summed E-state index contributed by atoms with van der Waals surface area (Å²) in [7, 11) is -2.61. The van der Waals surface area contributed by atoms with Crippen molar-refractivity contribution in [2.24, 2.45) is 0 Å². The number of aliphatic hydroxyl groups excluding tert-OH is 1. The molecule has 0 aliphatic heterocycles. The summed E-state index contributed by atoms with van der Waals surface area (Å²) in [5.74, 6) is -1.36. The molecule has 1 unspecified atom stereocenters. The van der Waals surface area contributed by atoms with Gasteiger partial charge in [-0.25, -0.2) is 17.5 Å². The number of anilines is 1. The molecule has 0 fully saturated rings. The fraction of sp³-hybridized carbons (Fsp3) is 0.417. The number of nitrogen functional groups attached to an aromatic ring is 1. The van der Waals surface area contributed by atoms with Gasteiger partial charge in [0.1, 0.15) is 0 Å². The Morgan fingerprint density at radius 1 is 1.45 bits per heavy atom. The van der Waals surface area contributed by atoms with Crippen LogP contribution >= 0.6 is 0 Å². The Hall–Kier alpha value is -1.64. The fourth-order valence-electron chi connectivity index (χ4n) is 1.60. The predicted molar refractivity (Wildman–Crippen MR) is 73.9 cm³/mol. The number of benzene rings is 1. The van der Waals surface area contributed by atoms with Crippen molar-refractivity contribution in [3.8, 4) is 0 Å². The Balaban J connectivity index is 3.18. The summed E-state index contributed by atoms with van der Waals surface area (Å²) in [6.45, 7) is 1.63. The Morgan fingerprint density at radius 3 is 2.55 bits per heavy atom. The van der Waals surface area contributed by atoms with Crippen molar-refractivity contribution >= 4 is 21.7 Å². The number of sulfonamides is 1. The molecule has 1 atom stereocenters. The van der Waals surface area contributed by atoms with E-state index in [0.29, 0.717) is 0 Å². The Labute approximate surface area is 117 Å². The number of carboxylic acids is 1. The molecule has 7 nitrogen and oxygen atoms in total. The third kappa shape index (κ3) is 3.69. The maximum atomic E-state index is 12.3. The number of nitrogens with zero attached hydrogens (tertiary/aromatic N) is 1. The highest BCUT2D eigenvalue weighted by Crippen LogP contribution is 2.22. The number of hydrogen-bond donors (Lipinski definition) is 3. The van der Waals surface area contributed by atoms with Gasteiger partial charge < -0.3 is 15.9 Å². The summed E-state index contributed by atoms with van der Waals surface area (Å²) >= 11 is 0. The average Bonchev–Trinajstić information content (AvgIpc) is 2.35. The lowest BCUT2D eigenvalue weighted by atomic mass is 10.2. The van der Waals surface area contributed by atoms with Gasteiger partial charge in [-0.05, 0) is 31.5 Å². The Bertz CT molecular complexity index is 598. The van der Waals surface area contributed by atoms with Crippen LogP contribution in [0.5, 0.6) is 0 Å². The number of aliphatic hydroxyl groups is 1. The number of nitrogens with two attached hydrogens (primary N) is 1. The standard InChI is InChI=1S/C12H18N2O5S/c1-8(15)5-6-14(2)20(18,19)11-4-3-9(13)7-10(11)12(16)17/h3-4,7-8,15H,5-6,13H2,1-2H3,(H,16,17). The molecule has 8 heteroatoms. The van der Waals surface area contributed by atoms with Crippen LogP contribution in [0.3, 0.4) is 0 Å². The summed E-state index contributed by atoms with van der Waals surface area (Å²) in [4.78, 5) is 10.8. The van der Waals surface area contributed by atoms with E-state index in [9.17, 15) is 18.3 Å². The highest BCUT2D eigenvalue weighted by atomic mass is 32.2. The molecule has 0 aromatic heterocycles. The Morgan fingerprint density at radius 2 is 2.05 bits per heavy atom. The molecule has 112 valence electrons. The molecule has 0 aliphatic carbocycles. The molecule has 0 heterocycles. The van der Waals surface area contributed by atoms with Crippen LogP contribution in [0.25, 0.3) is 0 Å². The minimum Gasteiger partial charge on any atom is -0.478 e. The molecule has 20 heavy (non-hydrogen) atoms. The van der Waals surface area contributed by atoms with E-state index in [4.69, 9.17) is 10.8 Å². The van der Waals surface area contributed by atoms with Crippen molar-refractivity contribution < 1.29 is 23.4 Å². The molecule has 4 N–H and O–H groups in total. The van der Waals surface area contributed by atoms with Gasteiger partial charge >= 0.3 is 5.97 Å². The third-order valence-corrected chi connectivity index (χ3v) is 4.70. The molecular formula is C12H18N2O5S. The summed E-state index contributed by atoms with van der Waals surface area (Å²) in [5.41, 5.74) is 5.29. The maximum Gasteiger partial charge on any atom is 0.337 e. The van der Waals surface area contributed by atoms with Crippen LogP contribution in [0, 0.1) is 0 Å². The fourth-order valence-corrected chi connectivity index (χ4v) is 2.94. The zero-order valence-corrected chi connectivity index (χ0v) is 12.1. The summed E-state index contributed by atoms with van der Waals surface area (Å²) < 4.78 is 25.7. The van der Waals surface area contributed by atoms with E-state index in [0.717, 1.165) is 10.4 Å². The van der Waals surface area contributed by atoms with E-state index < -0.39 is 22.1 Å². The van der Waals surface area contributed by atoms with Crippen LogP contribution in [0.1, 0.15) is 23.7 Å². The minimum atomic E-state index is -3.94. The van der Waals surface area contributed by atoms with Crippen molar-refractivity contribution in [1.82, 2.24) is 4.31 Å². The highest BCUT2D eigenvalue weighted by Gasteiger charge is 2.26. The zero-order valence-electron chi connectivity index (χ0n) is 11.3. The molecule has 0 amide bonds. The number of rotatable bonds is 6. The highest BCUT2D eigenvalue weighted by molar-refractivity contribution is 7.89. The number of carboxylic acid groups (broad SMARTS) is 1. The van der Waals surface area contributed by atoms with Crippen LogP contribution < -0.4 is 5.73 Å². The third-order valence-electron chi connectivity index (χ3n) is 2.78. The van der Waals surface area contributed by atoms with E-state index in [1.165, 1.54) is 19.2 Å². The molecule has 1 aromatic carbocycles. The van der Waals surface area contributed by atoms with Crippen molar-refractivity contribution in [3.05, 3.63) is 23.8 Å². The van der Waals surface area contributed by atoms with Crippen LogP contribution in [0.2, 0.25) is 0 Å². The lowest BCUT2D eigenvalue weighted by Crippen LogP contribution is -2.30. The first-order valence-corrected chi connectivity index (χ1v) is 7.37. The van der Waals surface area contributed by atoms with Crippen LogP contribution in [0.4, 0.5) is 5.69 Å². The average molecular weight is 302 g/mol. The summed E-state index contributed by atoms with van der Waals surface area (Å²) in [5, 5.41) is 18.3. The van der Waals surface area contributed by atoms with Crippen LogP contribution in [0.15, 0.2) is 23.1 Å². The SMILES string of the molecule is CC(O)CCN(C)S(=O)(=O)c1ccc(N)cc1C(=O)O. The molecule has 0 radical (unpaired) electrons. The molecule has 1 rings (SSSR count). The quantitative estimate of drug-likeness (QED) is 0.652. The number of aromatic carboxylic acids is 1. The molecule has 1 aromatic rings. The normalized spacial score (nSPS) is 13.4. The van der Waals surface area contributed by atoms with E-state index in [1.54, 1.807) is 6.92 Å². The summed E-state index contributed by atoms with van der Waals surface area (Å²) in [6.07, 6.45) is -0.384. The number of hydrogen-bond acceptors (Lipinski definition) is 5. The van der Waals surface area contributed by atoms with Gasteiger partial charge in [0.2, 0.25) is 10.0 Å². The van der Waals surface area contributed by atoms with Gasteiger partial charge in [0, 0.05) is 19.3 Å². The number of carbonyl (C=O) groups is 1. The van der Waals surface area contributed by atoms with Gasteiger partial charge in [-0.1, -0.05) is 0 Å². The van der Waals surface area contributed by atoms with Gasteiger partial charge in [0.05, 0.1) is 16.6 Å². The van der Waals surface area contributed by atoms with E-state index >= 15 is 0 Å². The maximum absolute atomic E-state index is 12.3. The van der Waals surface area contributed by atoms with Crippen molar-refractivity contribution in [2.75, 3.05) is 19.3 Å². The van der Waals surface area contributed by atoms with Gasteiger partial charge in [-0.3, -0.25) is 0 Å². The molecule has 0 aliphatic rings. The topological polar surface area (TPSA) is 121 Å². The van der Waals surface area contributed by atoms with Crippen molar-refractivity contribution in [1.29, 1.82) is 0 Å². The lowest BCUT2D eigenvalue weighted by Gasteiger charge is -2.19. The largest absolute Gasteiger partial charge is 0.478 e. The smallest absolute Gasteiger partial charge is 0.337 e. The summed E-state index contributed by atoms with van der Waals surface area (Å²) in [6, 6.07) is 3.62. The molecule has 0 bridgehead atoms. The van der Waals surface area contributed by atoms with Crippen molar-refractivity contribution in [3.63, 3.8) is 0 Å². The minimum absolute atomic E-state index is 0.0867. The molecule has 0 saturated heterocycles. The molecule has 0 saturated carbocycles. The predicted octanol–water partition coefficient (Wildman–Crippen LogP) is 0.358.